The number of fused-ring (bicyclic) bond motifs is 2. The first kappa shape index (κ1) is 19.6. The van der Waals surface area contributed by atoms with Crippen LogP contribution < -0.4 is 5.32 Å². The van der Waals surface area contributed by atoms with Gasteiger partial charge in [0.1, 0.15) is 0 Å². The van der Waals surface area contributed by atoms with Crippen LogP contribution in [0.2, 0.25) is 0 Å². The molecule has 2 aromatic carbocycles. The summed E-state index contributed by atoms with van der Waals surface area (Å²) >= 11 is 0. The summed E-state index contributed by atoms with van der Waals surface area (Å²) in [7, 11) is 0. The molecule has 2 bridgehead atoms. The number of morpholine rings is 2. The molecule has 150 valence electrons. The van der Waals surface area contributed by atoms with Crippen LogP contribution in [0.5, 0.6) is 0 Å². The van der Waals surface area contributed by atoms with E-state index in [0.717, 1.165) is 38.3 Å². The number of nitrogens with zero attached hydrogens (tertiary/aromatic N) is 3. The smallest absolute Gasteiger partial charge is 0.234 e. The maximum Gasteiger partial charge on any atom is 0.234 e. The van der Waals surface area contributed by atoms with E-state index in [1.165, 1.54) is 5.56 Å². The average molecular weight is 390 g/mol. The highest BCUT2D eigenvalue weighted by molar-refractivity contribution is 5.78. The Morgan fingerprint density at radius 3 is 2.28 bits per heavy atom. The number of hydrogen-bond acceptors (Lipinski definition) is 5. The highest BCUT2D eigenvalue weighted by Gasteiger charge is 2.35. The van der Waals surface area contributed by atoms with Gasteiger partial charge >= 0.3 is 0 Å². The van der Waals surface area contributed by atoms with Crippen molar-refractivity contribution in [1.82, 2.24) is 15.1 Å². The lowest BCUT2D eigenvalue weighted by Crippen LogP contribution is -2.60. The molecule has 2 aliphatic heterocycles. The predicted octanol–water partition coefficient (Wildman–Crippen LogP) is 1.76. The van der Waals surface area contributed by atoms with E-state index >= 15 is 0 Å². The molecule has 2 aliphatic rings. The second-order valence-electron chi connectivity index (χ2n) is 7.84. The molecule has 6 nitrogen and oxygen atoms in total. The molecule has 2 fully saturated rings. The van der Waals surface area contributed by atoms with E-state index in [9.17, 15) is 4.79 Å². The van der Waals surface area contributed by atoms with Crippen molar-refractivity contribution in [2.75, 3.05) is 32.7 Å². The summed E-state index contributed by atoms with van der Waals surface area (Å²) in [6.45, 7) is 5.18. The van der Waals surface area contributed by atoms with Gasteiger partial charge in [0.05, 0.1) is 30.4 Å². The van der Waals surface area contributed by atoms with Gasteiger partial charge in [-0.3, -0.25) is 14.6 Å². The van der Waals surface area contributed by atoms with Gasteiger partial charge in [-0.15, -0.1) is 0 Å². The molecule has 4 rings (SSSR count). The Hall–Kier alpha value is -2.72. The van der Waals surface area contributed by atoms with E-state index in [1.54, 1.807) is 12.1 Å². The van der Waals surface area contributed by atoms with Crippen molar-refractivity contribution in [1.29, 1.82) is 5.26 Å². The zero-order valence-electron chi connectivity index (χ0n) is 16.5. The topological polar surface area (TPSA) is 68.6 Å². The van der Waals surface area contributed by atoms with Crippen molar-refractivity contribution in [3.05, 3.63) is 71.3 Å². The fourth-order valence-electron chi connectivity index (χ4n) is 4.12. The Bertz CT molecular complexity index is 849. The van der Waals surface area contributed by atoms with Gasteiger partial charge in [-0.2, -0.15) is 5.26 Å². The van der Waals surface area contributed by atoms with Crippen LogP contribution in [0, 0.1) is 11.3 Å². The van der Waals surface area contributed by atoms with Crippen molar-refractivity contribution in [2.24, 2.45) is 0 Å². The van der Waals surface area contributed by atoms with Crippen LogP contribution in [-0.4, -0.2) is 60.6 Å². The largest absolute Gasteiger partial charge is 0.370 e. The Labute approximate surface area is 171 Å². The van der Waals surface area contributed by atoms with Crippen molar-refractivity contribution < 1.29 is 9.53 Å². The normalized spacial score (nSPS) is 22.0. The van der Waals surface area contributed by atoms with Crippen molar-refractivity contribution in [2.45, 2.75) is 25.3 Å². The number of nitriles is 1. The van der Waals surface area contributed by atoms with E-state index in [2.05, 4.69) is 45.5 Å². The van der Waals surface area contributed by atoms with Crippen LogP contribution in [0.4, 0.5) is 0 Å². The maximum absolute atomic E-state index is 12.4. The van der Waals surface area contributed by atoms with Crippen LogP contribution in [0.3, 0.4) is 0 Å². The third-order valence-electron chi connectivity index (χ3n) is 5.42. The quantitative estimate of drug-likeness (QED) is 0.814. The molecule has 1 amide bonds. The molecule has 0 radical (unpaired) electrons. The molecular weight excluding hydrogens is 364 g/mol. The first-order valence-corrected chi connectivity index (χ1v) is 10.1. The highest BCUT2D eigenvalue weighted by atomic mass is 16.5. The van der Waals surface area contributed by atoms with Crippen LogP contribution in [0.1, 0.15) is 16.7 Å². The summed E-state index contributed by atoms with van der Waals surface area (Å²) in [6.07, 6.45) is 0.301. The van der Waals surface area contributed by atoms with E-state index < -0.39 is 0 Å². The highest BCUT2D eigenvalue weighted by Crippen LogP contribution is 2.20. The fraction of sp³-hybridized carbons (Fsp3) is 0.391. The van der Waals surface area contributed by atoms with E-state index in [0.29, 0.717) is 18.7 Å². The summed E-state index contributed by atoms with van der Waals surface area (Å²) < 4.78 is 6.11. The zero-order valence-corrected chi connectivity index (χ0v) is 16.5. The SMILES string of the molecule is N#Cc1ccc(CNC(=O)CN2CC3CN(Cc4ccccc4)CC(C2)O3)cc1. The summed E-state index contributed by atoms with van der Waals surface area (Å²) in [5, 5.41) is 11.8. The van der Waals surface area contributed by atoms with Gasteiger partial charge in [-0.1, -0.05) is 42.5 Å². The van der Waals surface area contributed by atoms with Crippen LogP contribution in [0.25, 0.3) is 0 Å². The fourth-order valence-corrected chi connectivity index (χ4v) is 4.12. The third-order valence-corrected chi connectivity index (χ3v) is 5.42. The van der Waals surface area contributed by atoms with Gasteiger partial charge in [-0.25, -0.2) is 0 Å². The number of hydrogen-bond donors (Lipinski definition) is 1. The lowest BCUT2D eigenvalue weighted by Gasteiger charge is -2.45. The van der Waals surface area contributed by atoms with Crippen molar-refractivity contribution in [3.8, 4) is 6.07 Å². The number of carbonyl (C=O) groups excluding carboxylic acids is 1. The molecule has 2 aromatic rings. The molecule has 2 heterocycles. The van der Waals surface area contributed by atoms with Crippen molar-refractivity contribution in [3.63, 3.8) is 0 Å². The number of benzene rings is 2. The summed E-state index contributed by atoms with van der Waals surface area (Å²) in [4.78, 5) is 17.0. The molecule has 1 N–H and O–H groups in total. The first-order chi connectivity index (χ1) is 14.2. The van der Waals surface area contributed by atoms with Gasteiger partial charge in [0.15, 0.2) is 0 Å². The molecule has 0 aromatic heterocycles. The van der Waals surface area contributed by atoms with Gasteiger partial charge in [0, 0.05) is 39.3 Å². The molecule has 6 heteroatoms. The Balaban J connectivity index is 1.23. The monoisotopic (exact) mass is 390 g/mol. The van der Waals surface area contributed by atoms with Crippen molar-refractivity contribution >= 4 is 5.91 Å². The lowest BCUT2D eigenvalue weighted by molar-refractivity contribution is -0.146. The molecule has 0 spiro atoms. The van der Waals surface area contributed by atoms with Gasteiger partial charge < -0.3 is 10.1 Å². The Morgan fingerprint density at radius 1 is 0.966 bits per heavy atom. The van der Waals surface area contributed by atoms with E-state index in [4.69, 9.17) is 10.00 Å². The summed E-state index contributed by atoms with van der Waals surface area (Å²) in [5.41, 5.74) is 2.94. The number of amides is 1. The maximum atomic E-state index is 12.4. The van der Waals surface area contributed by atoms with Crippen LogP contribution >= 0.6 is 0 Å². The average Bonchev–Trinajstić information content (AvgIpc) is 2.73. The second kappa shape index (κ2) is 9.19. The van der Waals surface area contributed by atoms with E-state index in [1.807, 2.05) is 18.2 Å². The molecule has 2 atom stereocenters. The molecule has 0 saturated carbocycles. The minimum atomic E-state index is 0.0236. The molecular formula is C23H26N4O2. The van der Waals surface area contributed by atoms with Crippen LogP contribution in [-0.2, 0) is 22.6 Å². The van der Waals surface area contributed by atoms with Gasteiger partial charge in [0.2, 0.25) is 5.91 Å². The molecule has 2 unspecified atom stereocenters. The third kappa shape index (κ3) is 5.42. The number of carbonyl (C=O) groups is 1. The summed E-state index contributed by atoms with van der Waals surface area (Å²) in [5.74, 6) is 0.0236. The number of ether oxygens (including phenoxy) is 1. The van der Waals surface area contributed by atoms with E-state index in [-0.39, 0.29) is 18.1 Å². The molecule has 29 heavy (non-hydrogen) atoms. The zero-order chi connectivity index (χ0) is 20.1. The van der Waals surface area contributed by atoms with Gasteiger partial charge in [0.25, 0.3) is 0 Å². The molecule has 0 aliphatic carbocycles. The number of rotatable bonds is 6. The van der Waals surface area contributed by atoms with Crippen LogP contribution in [0.15, 0.2) is 54.6 Å². The first-order valence-electron chi connectivity index (χ1n) is 10.1. The second-order valence-corrected chi connectivity index (χ2v) is 7.84. The minimum absolute atomic E-state index is 0.0236. The molecule has 2 saturated heterocycles. The number of nitrogens with one attached hydrogen (secondary N) is 1. The van der Waals surface area contributed by atoms with Gasteiger partial charge in [-0.05, 0) is 23.3 Å². The Morgan fingerprint density at radius 2 is 1.62 bits per heavy atom. The standard InChI is InChI=1S/C23H26N4O2/c24-10-18-6-8-19(9-7-18)11-25-23(28)17-27-15-21-13-26(14-22(16-27)29-21)12-20-4-2-1-3-5-20/h1-9,21-22H,11-17H2,(H,25,28). The summed E-state index contributed by atoms with van der Waals surface area (Å²) in [6, 6.07) is 19.9. The minimum Gasteiger partial charge on any atom is -0.370 e. The Kier molecular flexibility index (Phi) is 6.20. The predicted molar refractivity (Wildman–Crippen MR) is 110 cm³/mol. The lowest BCUT2D eigenvalue weighted by atomic mass is 10.1.